The predicted octanol–water partition coefficient (Wildman–Crippen LogP) is 4.20. The van der Waals surface area contributed by atoms with E-state index in [0.717, 1.165) is 23.3 Å². The molecule has 31 heavy (non-hydrogen) atoms. The van der Waals surface area contributed by atoms with Gasteiger partial charge in [-0.25, -0.2) is 8.42 Å². The van der Waals surface area contributed by atoms with Crippen LogP contribution in [0, 0.1) is 25.2 Å². The van der Waals surface area contributed by atoms with Crippen molar-refractivity contribution in [3.63, 3.8) is 0 Å². The van der Waals surface area contributed by atoms with Crippen molar-refractivity contribution in [1.29, 1.82) is 5.26 Å². The molecule has 12 heteroatoms. The maximum atomic E-state index is 12.5. The molecular formula is C19H15Cl2N5O3S2. The number of amides is 1. The minimum atomic E-state index is -3.54. The zero-order chi connectivity index (χ0) is 22.9. The van der Waals surface area contributed by atoms with Crippen LogP contribution in [0.25, 0.3) is 11.8 Å². The fourth-order valence-electron chi connectivity index (χ4n) is 2.83. The molecule has 1 aromatic carbocycles. The van der Waals surface area contributed by atoms with E-state index >= 15 is 0 Å². The molecule has 8 nitrogen and oxygen atoms in total. The first kappa shape index (κ1) is 23.0. The summed E-state index contributed by atoms with van der Waals surface area (Å²) in [6.45, 7) is 3.73. The third-order valence-corrected chi connectivity index (χ3v) is 7.49. The van der Waals surface area contributed by atoms with Crippen LogP contribution >= 0.6 is 34.5 Å². The average Bonchev–Trinajstić information content (AvgIpc) is 3.26. The van der Waals surface area contributed by atoms with E-state index in [9.17, 15) is 18.5 Å². The van der Waals surface area contributed by atoms with E-state index in [1.807, 2.05) is 36.6 Å². The van der Waals surface area contributed by atoms with E-state index in [2.05, 4.69) is 15.5 Å². The Bertz CT molecular complexity index is 1370. The van der Waals surface area contributed by atoms with Crippen LogP contribution in [0.1, 0.15) is 17.0 Å². The monoisotopic (exact) mass is 495 g/mol. The number of halogens is 2. The lowest BCUT2D eigenvalue weighted by atomic mass is 10.1. The van der Waals surface area contributed by atoms with Crippen LogP contribution in [0.2, 0.25) is 10.0 Å². The SMILES string of the molecule is Cc1cc(/C=C(/C#N)C(=O)Nc2nnc(S(C)(=O)=O)s2)c(C)n1-c1ccc(Cl)c(Cl)c1. The van der Waals surface area contributed by atoms with Crippen LogP contribution < -0.4 is 5.32 Å². The number of anilines is 1. The third-order valence-electron chi connectivity index (χ3n) is 4.24. The van der Waals surface area contributed by atoms with Crippen molar-refractivity contribution in [3.05, 3.63) is 56.8 Å². The van der Waals surface area contributed by atoms with Gasteiger partial charge in [-0.3, -0.25) is 10.1 Å². The van der Waals surface area contributed by atoms with Crippen molar-refractivity contribution >= 4 is 61.5 Å². The molecule has 2 heterocycles. The maximum absolute atomic E-state index is 12.5. The lowest BCUT2D eigenvalue weighted by molar-refractivity contribution is -0.112. The summed E-state index contributed by atoms with van der Waals surface area (Å²) in [5.74, 6) is -0.724. The number of benzene rings is 1. The first-order valence-corrected chi connectivity index (χ1v) is 12.1. The van der Waals surface area contributed by atoms with Gasteiger partial charge in [0.1, 0.15) is 11.6 Å². The van der Waals surface area contributed by atoms with Gasteiger partial charge < -0.3 is 4.57 Å². The Labute approximate surface area is 192 Å². The smallest absolute Gasteiger partial charge is 0.268 e. The number of carbonyl (C=O) groups is 1. The second-order valence-corrected chi connectivity index (χ2v) is 10.5. The second kappa shape index (κ2) is 8.80. The Kier molecular flexibility index (Phi) is 6.52. The molecule has 3 rings (SSSR count). The Morgan fingerprint density at radius 3 is 2.52 bits per heavy atom. The van der Waals surface area contributed by atoms with E-state index in [1.165, 1.54) is 6.08 Å². The zero-order valence-corrected chi connectivity index (χ0v) is 19.6. The molecule has 2 aromatic heterocycles. The summed E-state index contributed by atoms with van der Waals surface area (Å²) in [6, 6.07) is 8.92. The highest BCUT2D eigenvalue weighted by Gasteiger charge is 2.18. The lowest BCUT2D eigenvalue weighted by Crippen LogP contribution is -2.13. The van der Waals surface area contributed by atoms with Gasteiger partial charge in [0.2, 0.25) is 19.3 Å². The molecule has 0 radical (unpaired) electrons. The summed E-state index contributed by atoms with van der Waals surface area (Å²) in [6.07, 6.45) is 2.44. The molecule has 0 bridgehead atoms. The van der Waals surface area contributed by atoms with Gasteiger partial charge in [0.25, 0.3) is 5.91 Å². The predicted molar refractivity (Wildman–Crippen MR) is 121 cm³/mol. The lowest BCUT2D eigenvalue weighted by Gasteiger charge is -2.10. The van der Waals surface area contributed by atoms with E-state index < -0.39 is 15.7 Å². The quantitative estimate of drug-likeness (QED) is 0.321. The number of nitrogens with zero attached hydrogens (tertiary/aromatic N) is 4. The second-order valence-electron chi connectivity index (χ2n) is 6.53. The van der Waals surface area contributed by atoms with Gasteiger partial charge in [0.15, 0.2) is 0 Å². The highest BCUT2D eigenvalue weighted by Crippen LogP contribution is 2.28. The Hall–Kier alpha value is -2.71. The molecule has 160 valence electrons. The molecule has 1 N–H and O–H groups in total. The number of nitrogens with one attached hydrogen (secondary N) is 1. The Morgan fingerprint density at radius 1 is 1.23 bits per heavy atom. The molecule has 0 fully saturated rings. The van der Waals surface area contributed by atoms with Crippen molar-refractivity contribution in [2.75, 3.05) is 11.6 Å². The Balaban J connectivity index is 1.92. The molecule has 0 atom stereocenters. The van der Waals surface area contributed by atoms with Crippen LogP contribution in [0.5, 0.6) is 0 Å². The highest BCUT2D eigenvalue weighted by atomic mass is 35.5. The van der Waals surface area contributed by atoms with Crippen LogP contribution in [-0.4, -0.2) is 35.3 Å². The molecule has 0 saturated carbocycles. The summed E-state index contributed by atoms with van der Waals surface area (Å²) >= 11 is 12.8. The fourth-order valence-corrected chi connectivity index (χ4v) is 4.63. The Morgan fingerprint density at radius 2 is 1.94 bits per heavy atom. The molecule has 0 unspecified atom stereocenters. The molecule has 0 aliphatic rings. The number of aryl methyl sites for hydroxylation is 1. The van der Waals surface area contributed by atoms with Crippen molar-refractivity contribution in [3.8, 4) is 11.8 Å². The van der Waals surface area contributed by atoms with Crippen LogP contribution in [0.15, 0.2) is 34.2 Å². The van der Waals surface area contributed by atoms with Gasteiger partial charge in [0.05, 0.1) is 10.0 Å². The van der Waals surface area contributed by atoms with Crippen LogP contribution in [0.3, 0.4) is 0 Å². The average molecular weight is 496 g/mol. The molecular weight excluding hydrogens is 481 g/mol. The van der Waals surface area contributed by atoms with E-state index in [0.29, 0.717) is 26.9 Å². The van der Waals surface area contributed by atoms with Crippen molar-refractivity contribution < 1.29 is 13.2 Å². The number of aromatic nitrogens is 3. The van der Waals surface area contributed by atoms with Crippen LogP contribution in [-0.2, 0) is 14.6 Å². The van der Waals surface area contributed by atoms with Gasteiger partial charge in [-0.15, -0.1) is 10.2 Å². The maximum Gasteiger partial charge on any atom is 0.268 e. The molecule has 0 aliphatic carbocycles. The van der Waals surface area contributed by atoms with E-state index in [4.69, 9.17) is 23.2 Å². The van der Waals surface area contributed by atoms with Crippen molar-refractivity contribution in [1.82, 2.24) is 14.8 Å². The molecule has 1 amide bonds. The summed E-state index contributed by atoms with van der Waals surface area (Å²) in [4.78, 5) is 12.5. The van der Waals surface area contributed by atoms with Gasteiger partial charge in [-0.1, -0.05) is 34.5 Å². The zero-order valence-electron chi connectivity index (χ0n) is 16.5. The van der Waals surface area contributed by atoms with Crippen molar-refractivity contribution in [2.45, 2.75) is 18.2 Å². The van der Waals surface area contributed by atoms with Crippen molar-refractivity contribution in [2.24, 2.45) is 0 Å². The highest BCUT2D eigenvalue weighted by molar-refractivity contribution is 7.92. The number of hydrogen-bond donors (Lipinski definition) is 1. The first-order chi connectivity index (χ1) is 14.5. The minimum absolute atomic E-state index is 0.0205. The largest absolute Gasteiger partial charge is 0.318 e. The number of carbonyl (C=O) groups excluding carboxylic acids is 1. The van der Waals surface area contributed by atoms with E-state index in [-0.39, 0.29) is 15.0 Å². The molecule has 0 saturated heterocycles. The van der Waals surface area contributed by atoms with Gasteiger partial charge in [-0.2, -0.15) is 5.26 Å². The topological polar surface area (TPSA) is 118 Å². The minimum Gasteiger partial charge on any atom is -0.318 e. The molecule has 0 aliphatic heterocycles. The summed E-state index contributed by atoms with van der Waals surface area (Å²) in [7, 11) is -3.54. The van der Waals surface area contributed by atoms with Gasteiger partial charge in [0, 0.05) is 23.3 Å². The third kappa shape index (κ3) is 4.97. The number of nitriles is 1. The number of sulfone groups is 1. The normalized spacial score (nSPS) is 11.9. The molecule has 3 aromatic rings. The number of hydrogen-bond acceptors (Lipinski definition) is 7. The number of rotatable bonds is 5. The standard InChI is InChI=1S/C19H15Cl2N5O3S2/c1-10-6-12(11(2)26(10)14-4-5-15(20)16(21)8-14)7-13(9-22)17(27)23-18-24-25-19(30-18)31(3,28)29/h4-8H,1-3H3,(H,23,24,27)/b13-7-. The van der Waals surface area contributed by atoms with Gasteiger partial charge >= 0.3 is 0 Å². The molecule has 0 spiro atoms. The fraction of sp³-hybridized carbons (Fsp3) is 0.158. The van der Waals surface area contributed by atoms with Gasteiger partial charge in [-0.05, 0) is 49.8 Å². The summed E-state index contributed by atoms with van der Waals surface area (Å²) in [5.41, 5.74) is 2.91. The summed E-state index contributed by atoms with van der Waals surface area (Å²) in [5, 5.41) is 19.9. The van der Waals surface area contributed by atoms with Crippen LogP contribution in [0.4, 0.5) is 5.13 Å². The first-order valence-electron chi connectivity index (χ1n) is 8.62. The van der Waals surface area contributed by atoms with E-state index in [1.54, 1.807) is 12.1 Å². The summed E-state index contributed by atoms with van der Waals surface area (Å²) < 4.78 is 24.7.